The molecule has 0 bridgehead atoms. The lowest BCUT2D eigenvalue weighted by molar-refractivity contribution is -0.274. The van der Waals surface area contributed by atoms with E-state index in [1.165, 1.54) is 24.3 Å². The summed E-state index contributed by atoms with van der Waals surface area (Å²) in [5.41, 5.74) is 5.98. The van der Waals surface area contributed by atoms with Gasteiger partial charge in [0.1, 0.15) is 11.5 Å². The summed E-state index contributed by atoms with van der Waals surface area (Å²) in [6.45, 7) is 0.195. The number of halogens is 4. The molecule has 0 radical (unpaired) electrons. The van der Waals surface area contributed by atoms with Gasteiger partial charge in [-0.3, -0.25) is 0 Å². The first-order chi connectivity index (χ1) is 9.87. The molecule has 0 unspecified atom stereocenters. The summed E-state index contributed by atoms with van der Waals surface area (Å²) in [5, 5.41) is 0. The van der Waals surface area contributed by atoms with Gasteiger partial charge in [0.2, 0.25) is 0 Å². The minimum absolute atomic E-state index is 0.0447. The lowest BCUT2D eigenvalue weighted by Gasteiger charge is -2.10. The third kappa shape index (κ3) is 4.35. The number of hydrogen-bond donors (Lipinski definition) is 1. The van der Waals surface area contributed by atoms with Crippen molar-refractivity contribution in [2.24, 2.45) is 5.73 Å². The molecule has 0 aliphatic heterocycles. The molecule has 2 rings (SSSR count). The summed E-state index contributed by atoms with van der Waals surface area (Å²) in [4.78, 5) is 0. The highest BCUT2D eigenvalue weighted by molar-refractivity contribution is 5.37. The summed E-state index contributed by atoms with van der Waals surface area (Å²) >= 11 is 0. The van der Waals surface area contributed by atoms with E-state index in [4.69, 9.17) is 10.5 Å². The Hall–Kier alpha value is -2.28. The molecule has 0 atom stereocenters. The van der Waals surface area contributed by atoms with Crippen LogP contribution in [0, 0.1) is 5.82 Å². The molecule has 0 amide bonds. The summed E-state index contributed by atoms with van der Waals surface area (Å²) in [5.74, 6) is -0.844. The van der Waals surface area contributed by atoms with Crippen molar-refractivity contribution in [1.29, 1.82) is 0 Å². The molecule has 0 aliphatic rings. The van der Waals surface area contributed by atoms with Crippen LogP contribution in [0.25, 0.3) is 0 Å². The monoisotopic (exact) mass is 301 g/mol. The van der Waals surface area contributed by atoms with Crippen LogP contribution in [0.15, 0.2) is 42.5 Å². The van der Waals surface area contributed by atoms with Crippen LogP contribution in [0.4, 0.5) is 17.6 Å². The van der Waals surface area contributed by atoms with E-state index in [0.29, 0.717) is 5.56 Å². The Morgan fingerprint density at radius 2 is 1.57 bits per heavy atom. The van der Waals surface area contributed by atoms with E-state index >= 15 is 0 Å². The topological polar surface area (TPSA) is 44.5 Å². The number of ether oxygens (including phenoxy) is 2. The van der Waals surface area contributed by atoms with Crippen LogP contribution in [0.5, 0.6) is 17.2 Å². The molecule has 2 aromatic rings. The molecular weight excluding hydrogens is 290 g/mol. The smallest absolute Gasteiger partial charge is 0.454 e. The van der Waals surface area contributed by atoms with Crippen molar-refractivity contribution in [1.82, 2.24) is 0 Å². The fraction of sp³-hybridized carbons (Fsp3) is 0.143. The first-order valence-corrected chi connectivity index (χ1v) is 5.89. The second-order valence-electron chi connectivity index (χ2n) is 4.09. The molecule has 7 heteroatoms. The van der Waals surface area contributed by atoms with E-state index in [1.807, 2.05) is 0 Å². The Kier molecular flexibility index (Phi) is 4.32. The first kappa shape index (κ1) is 15.1. The maximum Gasteiger partial charge on any atom is 0.573 e. The second kappa shape index (κ2) is 6.01. The largest absolute Gasteiger partial charge is 0.573 e. The van der Waals surface area contributed by atoms with Crippen LogP contribution in [-0.2, 0) is 6.54 Å². The van der Waals surface area contributed by atoms with E-state index in [-0.39, 0.29) is 23.8 Å². The first-order valence-electron chi connectivity index (χ1n) is 5.89. The van der Waals surface area contributed by atoms with Crippen LogP contribution in [0.2, 0.25) is 0 Å². The molecule has 0 saturated carbocycles. The van der Waals surface area contributed by atoms with Crippen LogP contribution < -0.4 is 15.2 Å². The molecule has 0 spiro atoms. The Bertz CT molecular complexity index is 611. The lowest BCUT2D eigenvalue weighted by Crippen LogP contribution is -2.16. The number of benzene rings is 2. The predicted octanol–water partition coefficient (Wildman–Crippen LogP) is 3.98. The standard InChI is InChI=1S/C14H11F4NO2/c15-12-7-9(8-19)1-6-13(12)20-10-2-4-11(5-3-10)21-14(16,17)18/h1-7H,8,19H2. The van der Waals surface area contributed by atoms with Crippen LogP contribution in [-0.4, -0.2) is 6.36 Å². The normalized spacial score (nSPS) is 11.3. The Labute approximate surface area is 117 Å². The highest BCUT2D eigenvalue weighted by Gasteiger charge is 2.30. The SMILES string of the molecule is NCc1ccc(Oc2ccc(OC(F)(F)F)cc2)c(F)c1. The molecule has 21 heavy (non-hydrogen) atoms. The van der Waals surface area contributed by atoms with Gasteiger partial charge in [0, 0.05) is 6.54 Å². The fourth-order valence-corrected chi connectivity index (χ4v) is 1.59. The van der Waals surface area contributed by atoms with Gasteiger partial charge in [-0.15, -0.1) is 13.2 Å². The van der Waals surface area contributed by atoms with Crippen LogP contribution in [0.3, 0.4) is 0 Å². The van der Waals surface area contributed by atoms with Crippen molar-refractivity contribution in [3.05, 3.63) is 53.8 Å². The van der Waals surface area contributed by atoms with Gasteiger partial charge in [-0.1, -0.05) is 6.07 Å². The second-order valence-corrected chi connectivity index (χ2v) is 4.09. The molecule has 0 heterocycles. The molecular formula is C14H11F4NO2. The molecule has 112 valence electrons. The van der Waals surface area contributed by atoms with Gasteiger partial charge in [0.05, 0.1) is 0 Å². The van der Waals surface area contributed by atoms with E-state index in [0.717, 1.165) is 12.1 Å². The van der Waals surface area contributed by atoms with Crippen molar-refractivity contribution in [2.75, 3.05) is 0 Å². The van der Waals surface area contributed by atoms with E-state index in [2.05, 4.69) is 4.74 Å². The third-order valence-electron chi connectivity index (χ3n) is 2.52. The van der Waals surface area contributed by atoms with Gasteiger partial charge in [0.15, 0.2) is 11.6 Å². The summed E-state index contributed by atoms with van der Waals surface area (Å²) in [6.07, 6.45) is -4.76. The molecule has 2 aromatic carbocycles. The van der Waals surface area contributed by atoms with Gasteiger partial charge >= 0.3 is 6.36 Å². The van der Waals surface area contributed by atoms with Crippen molar-refractivity contribution in [2.45, 2.75) is 12.9 Å². The third-order valence-corrected chi connectivity index (χ3v) is 2.52. The lowest BCUT2D eigenvalue weighted by atomic mass is 10.2. The molecule has 0 aliphatic carbocycles. The summed E-state index contributed by atoms with van der Waals surface area (Å²) in [7, 11) is 0. The zero-order valence-corrected chi connectivity index (χ0v) is 10.7. The molecule has 0 saturated heterocycles. The van der Waals surface area contributed by atoms with E-state index < -0.39 is 12.2 Å². The van der Waals surface area contributed by atoms with E-state index in [1.54, 1.807) is 6.07 Å². The minimum Gasteiger partial charge on any atom is -0.454 e. The zero-order chi connectivity index (χ0) is 15.5. The number of hydrogen-bond acceptors (Lipinski definition) is 3. The number of alkyl halides is 3. The predicted molar refractivity (Wildman–Crippen MR) is 67.5 cm³/mol. The van der Waals surface area contributed by atoms with Crippen molar-refractivity contribution in [3.63, 3.8) is 0 Å². The van der Waals surface area contributed by atoms with Gasteiger partial charge < -0.3 is 15.2 Å². The molecule has 3 nitrogen and oxygen atoms in total. The average Bonchev–Trinajstić information content (AvgIpc) is 2.41. The maximum absolute atomic E-state index is 13.7. The van der Waals surface area contributed by atoms with Crippen molar-refractivity contribution >= 4 is 0 Å². The van der Waals surface area contributed by atoms with Gasteiger partial charge in [-0.25, -0.2) is 4.39 Å². The molecule has 0 aromatic heterocycles. The highest BCUT2D eigenvalue weighted by Crippen LogP contribution is 2.28. The van der Waals surface area contributed by atoms with E-state index in [9.17, 15) is 17.6 Å². The Morgan fingerprint density at radius 3 is 2.10 bits per heavy atom. The zero-order valence-electron chi connectivity index (χ0n) is 10.7. The Morgan fingerprint density at radius 1 is 0.952 bits per heavy atom. The Balaban J connectivity index is 2.10. The fourth-order valence-electron chi connectivity index (χ4n) is 1.59. The molecule has 0 fully saturated rings. The molecule has 2 N–H and O–H groups in total. The van der Waals surface area contributed by atoms with Crippen molar-refractivity contribution in [3.8, 4) is 17.2 Å². The van der Waals surface area contributed by atoms with Gasteiger partial charge in [-0.2, -0.15) is 0 Å². The average molecular weight is 301 g/mol. The maximum atomic E-state index is 13.7. The van der Waals surface area contributed by atoms with Gasteiger partial charge in [-0.05, 0) is 42.0 Å². The highest BCUT2D eigenvalue weighted by atomic mass is 19.4. The van der Waals surface area contributed by atoms with Crippen LogP contribution >= 0.6 is 0 Å². The number of rotatable bonds is 4. The summed E-state index contributed by atoms with van der Waals surface area (Å²) in [6, 6.07) is 8.88. The van der Waals surface area contributed by atoms with Gasteiger partial charge in [0.25, 0.3) is 0 Å². The van der Waals surface area contributed by atoms with Crippen molar-refractivity contribution < 1.29 is 27.0 Å². The number of nitrogens with two attached hydrogens (primary N) is 1. The minimum atomic E-state index is -4.76. The quantitative estimate of drug-likeness (QED) is 0.869. The summed E-state index contributed by atoms with van der Waals surface area (Å²) < 4.78 is 58.6. The van der Waals surface area contributed by atoms with Crippen LogP contribution in [0.1, 0.15) is 5.56 Å².